The lowest BCUT2D eigenvalue weighted by Crippen LogP contribution is -2.20. The number of anilines is 2. The standard InChI is InChI=1S/C16H16Cl2N6S/c1-10-14(7-19-23(10)2)20-16(25)21-15-13(18)9-24(22-15)8-11-3-5-12(17)6-4-11/h3-7,9H,8H2,1-2H3,(H2,20,21,22,25). The number of halogens is 2. The molecule has 0 aliphatic heterocycles. The number of benzene rings is 1. The summed E-state index contributed by atoms with van der Waals surface area (Å²) in [6.45, 7) is 2.53. The van der Waals surface area contributed by atoms with Gasteiger partial charge in [-0.15, -0.1) is 0 Å². The van der Waals surface area contributed by atoms with Gasteiger partial charge in [-0.1, -0.05) is 35.3 Å². The normalized spacial score (nSPS) is 10.7. The van der Waals surface area contributed by atoms with E-state index < -0.39 is 0 Å². The van der Waals surface area contributed by atoms with Crippen molar-refractivity contribution < 1.29 is 0 Å². The first-order valence-corrected chi connectivity index (χ1v) is 8.63. The molecule has 0 radical (unpaired) electrons. The number of rotatable bonds is 4. The summed E-state index contributed by atoms with van der Waals surface area (Å²) in [6, 6.07) is 7.58. The van der Waals surface area contributed by atoms with E-state index in [2.05, 4.69) is 20.8 Å². The van der Waals surface area contributed by atoms with Gasteiger partial charge in [0, 0.05) is 18.3 Å². The molecule has 0 bridgehead atoms. The summed E-state index contributed by atoms with van der Waals surface area (Å²) in [5.41, 5.74) is 2.88. The Labute approximate surface area is 160 Å². The first-order chi connectivity index (χ1) is 11.9. The van der Waals surface area contributed by atoms with Crippen molar-refractivity contribution in [1.29, 1.82) is 0 Å². The molecular weight excluding hydrogens is 379 g/mol. The van der Waals surface area contributed by atoms with Crippen LogP contribution in [0.3, 0.4) is 0 Å². The lowest BCUT2D eigenvalue weighted by Gasteiger charge is -2.08. The maximum Gasteiger partial charge on any atom is 0.176 e. The van der Waals surface area contributed by atoms with Gasteiger partial charge in [-0.2, -0.15) is 10.2 Å². The number of hydrogen-bond donors (Lipinski definition) is 2. The summed E-state index contributed by atoms with van der Waals surface area (Å²) in [5, 5.41) is 16.3. The van der Waals surface area contributed by atoms with Crippen LogP contribution in [-0.2, 0) is 13.6 Å². The fourth-order valence-corrected chi connectivity index (χ4v) is 2.75. The van der Waals surface area contributed by atoms with Gasteiger partial charge in [0.2, 0.25) is 0 Å². The Kier molecular flexibility index (Phi) is 5.27. The molecule has 0 saturated carbocycles. The molecule has 0 aliphatic carbocycles. The summed E-state index contributed by atoms with van der Waals surface area (Å²) in [7, 11) is 1.87. The van der Waals surface area contributed by atoms with Crippen LogP contribution in [-0.4, -0.2) is 24.7 Å². The lowest BCUT2D eigenvalue weighted by atomic mass is 10.2. The van der Waals surface area contributed by atoms with Crippen LogP contribution in [0.15, 0.2) is 36.7 Å². The number of aryl methyl sites for hydroxylation is 1. The Morgan fingerprint density at radius 1 is 1.20 bits per heavy atom. The van der Waals surface area contributed by atoms with Gasteiger partial charge in [0.05, 0.1) is 24.1 Å². The van der Waals surface area contributed by atoms with Gasteiger partial charge in [0.1, 0.15) is 5.02 Å². The van der Waals surface area contributed by atoms with Crippen molar-refractivity contribution in [2.24, 2.45) is 7.05 Å². The van der Waals surface area contributed by atoms with Crippen LogP contribution in [0.4, 0.5) is 11.5 Å². The maximum absolute atomic E-state index is 6.25. The minimum absolute atomic E-state index is 0.398. The molecule has 3 aromatic rings. The third-order valence-electron chi connectivity index (χ3n) is 3.69. The zero-order valence-corrected chi connectivity index (χ0v) is 16.0. The quantitative estimate of drug-likeness (QED) is 0.652. The second kappa shape index (κ2) is 7.43. The highest BCUT2D eigenvalue weighted by Gasteiger charge is 2.11. The van der Waals surface area contributed by atoms with E-state index >= 15 is 0 Å². The molecule has 9 heteroatoms. The highest BCUT2D eigenvalue weighted by molar-refractivity contribution is 7.80. The van der Waals surface area contributed by atoms with Crippen molar-refractivity contribution in [3.8, 4) is 0 Å². The highest BCUT2D eigenvalue weighted by atomic mass is 35.5. The second-order valence-electron chi connectivity index (χ2n) is 5.50. The fraction of sp³-hybridized carbons (Fsp3) is 0.188. The third kappa shape index (κ3) is 4.31. The number of nitrogens with zero attached hydrogens (tertiary/aromatic N) is 4. The SMILES string of the molecule is Cc1c(NC(=S)Nc2nn(Cc3ccc(Cl)cc3)cc2Cl)cnn1C. The van der Waals surface area contributed by atoms with Crippen molar-refractivity contribution in [2.75, 3.05) is 10.6 Å². The molecule has 2 N–H and O–H groups in total. The average molecular weight is 395 g/mol. The molecule has 0 saturated heterocycles. The smallest absolute Gasteiger partial charge is 0.176 e. The van der Waals surface area contributed by atoms with E-state index in [4.69, 9.17) is 35.4 Å². The van der Waals surface area contributed by atoms with Gasteiger partial charge in [-0.3, -0.25) is 9.36 Å². The van der Waals surface area contributed by atoms with Gasteiger partial charge in [0.25, 0.3) is 0 Å². The van der Waals surface area contributed by atoms with Crippen LogP contribution >= 0.6 is 35.4 Å². The van der Waals surface area contributed by atoms with E-state index in [0.29, 0.717) is 27.5 Å². The van der Waals surface area contributed by atoms with Crippen LogP contribution in [0, 0.1) is 6.92 Å². The maximum atomic E-state index is 6.25. The molecule has 0 unspecified atom stereocenters. The summed E-state index contributed by atoms with van der Waals surface area (Å²) in [4.78, 5) is 0. The topological polar surface area (TPSA) is 59.7 Å². The number of thiocarbonyl (C=S) groups is 1. The zero-order chi connectivity index (χ0) is 18.0. The monoisotopic (exact) mass is 394 g/mol. The molecule has 1 aromatic carbocycles. The van der Waals surface area contributed by atoms with Crippen LogP contribution in [0.1, 0.15) is 11.3 Å². The summed E-state index contributed by atoms with van der Waals surface area (Å²) in [5.74, 6) is 0.495. The predicted molar refractivity (Wildman–Crippen MR) is 106 cm³/mol. The average Bonchev–Trinajstić information content (AvgIpc) is 3.06. The Hall–Kier alpha value is -2.09. The van der Waals surface area contributed by atoms with Gasteiger partial charge < -0.3 is 10.6 Å². The first kappa shape index (κ1) is 17.7. The lowest BCUT2D eigenvalue weighted by molar-refractivity contribution is 0.690. The second-order valence-corrected chi connectivity index (χ2v) is 6.75. The van der Waals surface area contributed by atoms with Crippen LogP contribution in [0.2, 0.25) is 10.0 Å². The van der Waals surface area contributed by atoms with Crippen LogP contribution in [0.5, 0.6) is 0 Å². The van der Waals surface area contributed by atoms with Gasteiger partial charge >= 0.3 is 0 Å². The van der Waals surface area contributed by atoms with Gasteiger partial charge in [0.15, 0.2) is 10.9 Å². The van der Waals surface area contributed by atoms with E-state index in [9.17, 15) is 0 Å². The Morgan fingerprint density at radius 2 is 1.92 bits per heavy atom. The predicted octanol–water partition coefficient (Wildman–Crippen LogP) is 4.09. The van der Waals surface area contributed by atoms with Crippen molar-refractivity contribution in [3.63, 3.8) is 0 Å². The third-order valence-corrected chi connectivity index (χ3v) is 4.42. The van der Waals surface area contributed by atoms with Crippen molar-refractivity contribution in [2.45, 2.75) is 13.5 Å². The van der Waals surface area contributed by atoms with Gasteiger partial charge in [-0.25, -0.2) is 0 Å². The molecule has 0 fully saturated rings. The number of aromatic nitrogens is 4. The minimum Gasteiger partial charge on any atom is -0.330 e. The van der Waals surface area contributed by atoms with E-state index in [1.54, 1.807) is 21.8 Å². The highest BCUT2D eigenvalue weighted by Crippen LogP contribution is 2.21. The summed E-state index contributed by atoms with van der Waals surface area (Å²) in [6.07, 6.45) is 3.46. The Balaban J connectivity index is 1.66. The summed E-state index contributed by atoms with van der Waals surface area (Å²) < 4.78 is 3.50. The van der Waals surface area contributed by atoms with Crippen molar-refractivity contribution >= 4 is 52.0 Å². The van der Waals surface area contributed by atoms with Crippen molar-refractivity contribution in [3.05, 3.63) is 58.0 Å². The van der Waals surface area contributed by atoms with Gasteiger partial charge in [-0.05, 0) is 36.8 Å². The van der Waals surface area contributed by atoms with E-state index in [1.807, 2.05) is 38.2 Å². The molecule has 0 amide bonds. The molecule has 0 atom stereocenters. The van der Waals surface area contributed by atoms with Crippen LogP contribution in [0.25, 0.3) is 0 Å². The minimum atomic E-state index is 0.398. The molecule has 2 heterocycles. The molecule has 2 aromatic heterocycles. The van der Waals surface area contributed by atoms with E-state index in [-0.39, 0.29) is 0 Å². The molecular formula is C16H16Cl2N6S. The molecule has 6 nitrogen and oxygen atoms in total. The number of hydrogen-bond acceptors (Lipinski definition) is 3. The largest absolute Gasteiger partial charge is 0.330 e. The zero-order valence-electron chi connectivity index (χ0n) is 13.6. The summed E-state index contributed by atoms with van der Waals surface area (Å²) >= 11 is 17.5. The number of nitrogens with one attached hydrogen (secondary N) is 2. The van der Waals surface area contributed by atoms with E-state index in [0.717, 1.165) is 16.9 Å². The molecule has 130 valence electrons. The Bertz CT molecular complexity index is 900. The van der Waals surface area contributed by atoms with E-state index in [1.165, 1.54) is 0 Å². The molecule has 3 rings (SSSR count). The molecule has 25 heavy (non-hydrogen) atoms. The van der Waals surface area contributed by atoms with Crippen LogP contribution < -0.4 is 10.6 Å². The molecule has 0 aliphatic rings. The molecule has 0 spiro atoms. The fourth-order valence-electron chi connectivity index (χ4n) is 2.22. The van der Waals surface area contributed by atoms with Crippen molar-refractivity contribution in [1.82, 2.24) is 19.6 Å². The Morgan fingerprint density at radius 3 is 2.56 bits per heavy atom. The first-order valence-electron chi connectivity index (χ1n) is 7.46.